The van der Waals surface area contributed by atoms with Gasteiger partial charge in [-0.3, -0.25) is 9.69 Å². The first-order chi connectivity index (χ1) is 32.8. The van der Waals surface area contributed by atoms with Gasteiger partial charge in [0.05, 0.1) is 21.1 Å². The zero-order valence-corrected chi connectivity index (χ0v) is 40.2. The first-order valence-electron chi connectivity index (χ1n) is 22.5. The molecule has 3 aromatic heterocycles. The molecule has 68 heavy (non-hydrogen) atoms. The fraction of sp³-hybridized carbons (Fsp3) is 0.388. The number of amides is 1. The highest BCUT2D eigenvalue weighted by Crippen LogP contribution is 2.53. The van der Waals surface area contributed by atoms with Crippen LogP contribution in [0.5, 0.6) is 23.1 Å². The number of hydrogen-bond acceptors (Lipinski definition) is 14. The molecule has 0 spiro atoms. The van der Waals surface area contributed by atoms with Crippen LogP contribution >= 0.6 is 34.5 Å². The number of halogens is 3. The Kier molecular flexibility index (Phi) is 14.2. The molecule has 0 radical (unpaired) electrons. The van der Waals surface area contributed by atoms with Gasteiger partial charge in [-0.1, -0.05) is 35.3 Å². The highest BCUT2D eigenvalue weighted by Gasteiger charge is 2.32. The molecule has 0 saturated carbocycles. The summed E-state index contributed by atoms with van der Waals surface area (Å²) in [5, 5.41) is 11.9. The largest absolute Gasteiger partial charge is 0.490 e. The first-order valence-corrected chi connectivity index (χ1v) is 24.1. The second-order valence-corrected chi connectivity index (χ2v) is 19.3. The van der Waals surface area contributed by atoms with E-state index in [1.165, 1.54) is 29.8 Å². The van der Waals surface area contributed by atoms with Crippen molar-refractivity contribution in [2.45, 2.75) is 58.3 Å². The quantitative estimate of drug-likeness (QED) is 0.135. The summed E-state index contributed by atoms with van der Waals surface area (Å²) >= 11 is 16.0. The monoisotopic (exact) mass is 984 g/mol. The standard InChI is InChI=1S/C49H51Cl2FN8O7S/c1-27-39-28(2)43(51)44(42(27)50)66-35(23-59-18-16-58(3)17-19-59)25-64-34-8-9-36(65-24-33-10-13-54-49(57-33)60-14-11-29(12-15-60)20-38(53)61)31(21-34)22-37(48(62)63)67-46-41-40(39)45(68-47(41)56-26-55-46)30-4-6-32(52)7-5-30/h4-10,13,21,26,29,35,37H,11-12,14-20,22-25H2,1-3H3,(H2,53,61)(H,62,63)/t35-,37-/m1/s1. The number of anilines is 1. The van der Waals surface area contributed by atoms with Gasteiger partial charge in [0.1, 0.15) is 47.8 Å². The molecule has 0 aliphatic carbocycles. The number of nitrogens with zero attached hydrogens (tertiary/aromatic N) is 7. The van der Waals surface area contributed by atoms with Gasteiger partial charge in [-0.2, -0.15) is 0 Å². The van der Waals surface area contributed by atoms with Crippen molar-refractivity contribution in [1.82, 2.24) is 29.7 Å². The maximum absolute atomic E-state index is 14.4. The molecule has 15 nitrogen and oxygen atoms in total. The summed E-state index contributed by atoms with van der Waals surface area (Å²) in [4.78, 5) is 51.2. The molecule has 2 fully saturated rings. The molecule has 6 aromatic rings. The maximum Gasteiger partial charge on any atom is 0.345 e. The van der Waals surface area contributed by atoms with Crippen LogP contribution in [-0.2, 0) is 22.6 Å². The molecule has 10 rings (SSSR count). The van der Waals surface area contributed by atoms with E-state index in [1.807, 2.05) is 13.8 Å². The zero-order valence-electron chi connectivity index (χ0n) is 37.8. The van der Waals surface area contributed by atoms with Crippen LogP contribution in [0.1, 0.15) is 41.6 Å². The van der Waals surface area contributed by atoms with E-state index in [-0.39, 0.29) is 37.3 Å². The lowest BCUT2D eigenvalue weighted by Gasteiger charge is -2.35. The summed E-state index contributed by atoms with van der Waals surface area (Å²) in [6, 6.07) is 13.1. The van der Waals surface area contributed by atoms with Crippen molar-refractivity contribution < 1.29 is 38.0 Å². The molecule has 356 valence electrons. The lowest BCUT2D eigenvalue weighted by Crippen LogP contribution is -2.49. The topological polar surface area (TPSA) is 179 Å². The van der Waals surface area contributed by atoms with Gasteiger partial charge in [-0.25, -0.2) is 29.1 Å². The van der Waals surface area contributed by atoms with Gasteiger partial charge in [0.15, 0.2) is 5.75 Å². The van der Waals surface area contributed by atoms with Crippen molar-refractivity contribution in [3.8, 4) is 44.7 Å². The SMILES string of the molecule is Cc1c(Cl)c2c(Cl)c(C)c1-c1c(-c3ccc(F)cc3)sc3ncnc(c13)O[C@@H](C(=O)O)Cc1cc(ccc1OCc1ccnc(N3CCC(CC(N)=O)CC3)n1)OC[C@@H](CN1CCN(C)CC1)O2. The number of carbonyl (C=O) groups is 2. The number of ether oxygens (including phenoxy) is 4. The summed E-state index contributed by atoms with van der Waals surface area (Å²) in [6.07, 6.45) is 2.81. The number of piperidine rings is 1. The van der Waals surface area contributed by atoms with Crippen LogP contribution in [0.3, 0.4) is 0 Å². The van der Waals surface area contributed by atoms with E-state index in [0.717, 1.165) is 39.0 Å². The highest BCUT2D eigenvalue weighted by molar-refractivity contribution is 7.22. The summed E-state index contributed by atoms with van der Waals surface area (Å²) in [5.41, 5.74) is 9.80. The van der Waals surface area contributed by atoms with E-state index >= 15 is 0 Å². The third kappa shape index (κ3) is 10.3. The highest BCUT2D eigenvalue weighted by atomic mass is 35.5. The molecule has 0 unspecified atom stereocenters. The number of primary amides is 1. The van der Waals surface area contributed by atoms with Crippen molar-refractivity contribution >= 4 is 62.6 Å². The molecular weight excluding hydrogens is 935 g/mol. The van der Waals surface area contributed by atoms with Crippen LogP contribution in [0, 0.1) is 25.6 Å². The van der Waals surface area contributed by atoms with Gasteiger partial charge in [0.2, 0.25) is 23.8 Å². The third-order valence-corrected chi connectivity index (χ3v) is 14.9. The number of hydrogen-bond donors (Lipinski definition) is 2. The number of nitrogens with two attached hydrogens (primary N) is 1. The number of piperazine rings is 1. The van der Waals surface area contributed by atoms with Crippen molar-refractivity contribution in [3.63, 3.8) is 0 Å². The molecule has 3 N–H and O–H groups in total. The Hall–Kier alpha value is -5.85. The van der Waals surface area contributed by atoms with Gasteiger partial charge in [-0.15, -0.1) is 11.3 Å². The van der Waals surface area contributed by atoms with Gasteiger partial charge in [0, 0.05) is 80.9 Å². The summed E-state index contributed by atoms with van der Waals surface area (Å²) < 4.78 is 40.7. The first kappa shape index (κ1) is 47.2. The summed E-state index contributed by atoms with van der Waals surface area (Å²) in [7, 11) is 2.10. The smallest absolute Gasteiger partial charge is 0.345 e. The van der Waals surface area contributed by atoms with Crippen molar-refractivity contribution in [3.05, 3.63) is 99.3 Å². The molecule has 2 saturated heterocycles. The normalized spacial score (nSPS) is 18.4. The van der Waals surface area contributed by atoms with E-state index in [0.29, 0.717) is 113 Å². The van der Waals surface area contributed by atoms with E-state index in [4.69, 9.17) is 52.9 Å². The molecule has 1 amide bonds. The van der Waals surface area contributed by atoms with Crippen LogP contribution < -0.4 is 29.6 Å². The summed E-state index contributed by atoms with van der Waals surface area (Å²) in [5.74, 6) is 0.0195. The molecule has 19 heteroatoms. The molecule has 4 bridgehead atoms. The Morgan fingerprint density at radius 3 is 2.38 bits per heavy atom. The number of likely N-dealkylation sites (N-methyl/N-ethyl adjacent to an activating group) is 1. The number of thiophene rings is 1. The minimum atomic E-state index is -1.48. The van der Waals surface area contributed by atoms with Gasteiger partial charge < -0.3 is 39.6 Å². The van der Waals surface area contributed by atoms with Gasteiger partial charge in [0.25, 0.3) is 0 Å². The number of fused-ring (bicyclic) bond motifs is 7. The van der Waals surface area contributed by atoms with Crippen LogP contribution in [0.15, 0.2) is 61.1 Å². The Morgan fingerprint density at radius 2 is 1.68 bits per heavy atom. The van der Waals surface area contributed by atoms with Crippen LogP contribution in [0.4, 0.5) is 10.3 Å². The molecular formula is C49H51Cl2FN8O7S. The summed E-state index contributed by atoms with van der Waals surface area (Å²) in [6.45, 7) is 9.24. The minimum absolute atomic E-state index is 0.0204. The zero-order chi connectivity index (χ0) is 47.6. The second-order valence-electron chi connectivity index (χ2n) is 17.6. The van der Waals surface area contributed by atoms with E-state index < -0.39 is 24.0 Å². The van der Waals surface area contributed by atoms with E-state index in [1.54, 1.807) is 42.6 Å². The number of aromatic nitrogens is 4. The maximum atomic E-state index is 14.4. The minimum Gasteiger partial charge on any atom is -0.490 e. The van der Waals surface area contributed by atoms with E-state index in [9.17, 15) is 19.1 Å². The van der Waals surface area contributed by atoms with Crippen molar-refractivity contribution in [2.75, 3.05) is 64.4 Å². The number of aliphatic carboxylic acids is 1. The predicted molar refractivity (Wildman–Crippen MR) is 259 cm³/mol. The fourth-order valence-electron chi connectivity index (χ4n) is 9.10. The van der Waals surface area contributed by atoms with Gasteiger partial charge in [-0.05, 0) is 98.3 Å². The fourth-order valence-corrected chi connectivity index (χ4v) is 10.8. The van der Waals surface area contributed by atoms with Crippen molar-refractivity contribution in [1.29, 1.82) is 0 Å². The average molecular weight is 986 g/mol. The Morgan fingerprint density at radius 1 is 0.941 bits per heavy atom. The van der Waals surface area contributed by atoms with Gasteiger partial charge >= 0.3 is 5.97 Å². The number of carbonyl (C=O) groups excluding carboxylic acids is 1. The number of carboxylic acids is 1. The molecule has 3 aromatic carbocycles. The Bertz CT molecular complexity index is 2810. The Balaban J connectivity index is 1.12. The molecule has 2 atom stereocenters. The predicted octanol–water partition coefficient (Wildman–Crippen LogP) is 8.01. The third-order valence-electron chi connectivity index (χ3n) is 12.8. The molecule has 4 aliphatic heterocycles. The second kappa shape index (κ2) is 20.4. The average Bonchev–Trinajstić information content (AvgIpc) is 3.71. The number of rotatable bonds is 10. The lowest BCUT2D eigenvalue weighted by molar-refractivity contribution is -0.145. The number of benzene rings is 3. The van der Waals surface area contributed by atoms with Crippen LogP contribution in [0.2, 0.25) is 10.0 Å². The van der Waals surface area contributed by atoms with Crippen LogP contribution in [0.25, 0.3) is 31.8 Å². The lowest BCUT2D eigenvalue weighted by atomic mass is 9.92. The van der Waals surface area contributed by atoms with Crippen LogP contribution in [-0.4, -0.2) is 118 Å². The molecule has 7 heterocycles. The van der Waals surface area contributed by atoms with Crippen molar-refractivity contribution in [2.24, 2.45) is 11.7 Å². The Labute approximate surface area is 406 Å². The molecule has 4 aliphatic rings. The van der Waals surface area contributed by atoms with E-state index in [2.05, 4.69) is 36.7 Å². The number of carboxylic acid groups (broad SMARTS) is 1.